The Bertz CT molecular complexity index is 1620. The fraction of sp³-hybridized carbons (Fsp3) is 0.235. The van der Waals surface area contributed by atoms with Crippen LogP contribution < -0.4 is 15.0 Å². The van der Waals surface area contributed by atoms with Crippen molar-refractivity contribution in [1.29, 1.82) is 0 Å². The molecular formula is C34H34N4O4. The zero-order chi connectivity index (χ0) is 28.9. The third kappa shape index (κ3) is 5.72. The van der Waals surface area contributed by atoms with Gasteiger partial charge in [-0.25, -0.2) is 4.98 Å². The SMILES string of the molecule is CNC(=O)c1cnc(N(Cc2ccccc2)Cc2ccccc2)c2[nH]c(-c3ccc(C4COCCO4)cc3OC)cc12. The number of aromatic amines is 1. The first-order chi connectivity index (χ1) is 20.6. The summed E-state index contributed by atoms with van der Waals surface area (Å²) in [5, 5.41) is 3.55. The Hall–Kier alpha value is -4.66. The molecule has 3 heterocycles. The molecule has 3 aromatic carbocycles. The third-order valence-electron chi connectivity index (χ3n) is 7.55. The average Bonchev–Trinajstić information content (AvgIpc) is 3.50. The number of carbonyl (C=O) groups excluding carboxylic acids is 1. The second kappa shape index (κ2) is 12.5. The van der Waals surface area contributed by atoms with Crippen molar-refractivity contribution in [2.45, 2.75) is 19.2 Å². The van der Waals surface area contributed by atoms with Crippen LogP contribution in [-0.2, 0) is 22.6 Å². The normalized spacial score (nSPS) is 15.0. The summed E-state index contributed by atoms with van der Waals surface area (Å²) in [7, 11) is 3.29. The van der Waals surface area contributed by atoms with E-state index in [0.29, 0.717) is 44.2 Å². The van der Waals surface area contributed by atoms with E-state index in [-0.39, 0.29) is 12.0 Å². The number of hydrogen-bond donors (Lipinski definition) is 2. The molecule has 2 N–H and O–H groups in total. The number of methoxy groups -OCH3 is 1. The number of ether oxygens (including phenoxy) is 3. The molecule has 0 aliphatic carbocycles. The number of benzene rings is 3. The molecule has 6 rings (SSSR count). The highest BCUT2D eigenvalue weighted by molar-refractivity contribution is 6.09. The van der Waals surface area contributed by atoms with Crippen LogP contribution in [0.15, 0.2) is 91.1 Å². The number of fused-ring (bicyclic) bond motifs is 1. The summed E-state index contributed by atoms with van der Waals surface area (Å²) < 4.78 is 17.4. The monoisotopic (exact) mass is 562 g/mol. The maximum atomic E-state index is 13.0. The number of hydrogen-bond acceptors (Lipinski definition) is 6. The molecule has 214 valence electrons. The van der Waals surface area contributed by atoms with Gasteiger partial charge in [-0.05, 0) is 34.9 Å². The van der Waals surface area contributed by atoms with Gasteiger partial charge in [-0.3, -0.25) is 4.79 Å². The van der Waals surface area contributed by atoms with Gasteiger partial charge in [0.25, 0.3) is 5.91 Å². The fourth-order valence-corrected chi connectivity index (χ4v) is 5.43. The standard InChI is InChI=1S/C34H34N4O4/c1-35-34(39)28-19-36-33(38(20-23-9-5-3-6-10-23)21-24-11-7-4-8-12-24)32-27(28)18-29(37-32)26-14-13-25(17-30(26)40-2)31-22-41-15-16-42-31/h3-14,17-19,31,37H,15-16,20-22H2,1-2H3,(H,35,39). The van der Waals surface area contributed by atoms with Crippen molar-refractivity contribution in [2.75, 3.05) is 38.9 Å². The average molecular weight is 563 g/mol. The van der Waals surface area contributed by atoms with Gasteiger partial charge in [-0.2, -0.15) is 0 Å². The summed E-state index contributed by atoms with van der Waals surface area (Å²) in [6, 6.07) is 28.7. The first-order valence-electron chi connectivity index (χ1n) is 14.1. The molecule has 0 radical (unpaired) electrons. The van der Waals surface area contributed by atoms with Crippen molar-refractivity contribution in [3.63, 3.8) is 0 Å². The summed E-state index contributed by atoms with van der Waals surface area (Å²) in [6.45, 7) is 2.98. The first-order valence-corrected chi connectivity index (χ1v) is 14.1. The van der Waals surface area contributed by atoms with Gasteiger partial charge in [0.2, 0.25) is 0 Å². The number of pyridine rings is 1. The molecule has 8 nitrogen and oxygen atoms in total. The van der Waals surface area contributed by atoms with Gasteiger partial charge in [0.05, 0.1) is 43.7 Å². The lowest BCUT2D eigenvalue weighted by molar-refractivity contribution is -0.0901. The quantitative estimate of drug-likeness (QED) is 0.233. The smallest absolute Gasteiger partial charge is 0.253 e. The summed E-state index contributed by atoms with van der Waals surface area (Å²) in [5.74, 6) is 1.27. The van der Waals surface area contributed by atoms with Crippen LogP contribution >= 0.6 is 0 Å². The lowest BCUT2D eigenvalue weighted by Crippen LogP contribution is -2.24. The van der Waals surface area contributed by atoms with Gasteiger partial charge in [0.1, 0.15) is 11.9 Å². The van der Waals surface area contributed by atoms with Crippen LogP contribution in [-0.4, -0.2) is 49.9 Å². The molecule has 0 bridgehead atoms. The predicted octanol–water partition coefficient (Wildman–Crippen LogP) is 5.89. The molecular weight excluding hydrogens is 528 g/mol. The highest BCUT2D eigenvalue weighted by atomic mass is 16.6. The Labute approximate surface area is 245 Å². The number of aromatic nitrogens is 2. The Morgan fingerprint density at radius 3 is 2.33 bits per heavy atom. The topological polar surface area (TPSA) is 88.7 Å². The van der Waals surface area contributed by atoms with E-state index in [4.69, 9.17) is 19.2 Å². The van der Waals surface area contributed by atoms with Crippen molar-refractivity contribution in [3.8, 4) is 17.0 Å². The third-order valence-corrected chi connectivity index (χ3v) is 7.55. The minimum atomic E-state index is -0.195. The maximum absolute atomic E-state index is 13.0. The van der Waals surface area contributed by atoms with Crippen LogP contribution in [0.2, 0.25) is 0 Å². The highest BCUT2D eigenvalue weighted by Gasteiger charge is 2.23. The number of H-pyrrole nitrogens is 1. The van der Waals surface area contributed by atoms with Gasteiger partial charge in [-0.15, -0.1) is 0 Å². The minimum absolute atomic E-state index is 0.135. The molecule has 42 heavy (non-hydrogen) atoms. The number of nitrogens with zero attached hydrogens (tertiary/aromatic N) is 2. The van der Waals surface area contributed by atoms with Crippen molar-refractivity contribution >= 4 is 22.6 Å². The Morgan fingerprint density at radius 1 is 1.00 bits per heavy atom. The largest absolute Gasteiger partial charge is 0.496 e. The van der Waals surface area contributed by atoms with E-state index in [9.17, 15) is 4.79 Å². The number of carbonyl (C=O) groups is 1. The van der Waals surface area contributed by atoms with Gasteiger partial charge >= 0.3 is 0 Å². The van der Waals surface area contributed by atoms with Gasteiger partial charge < -0.3 is 29.4 Å². The second-order valence-corrected chi connectivity index (χ2v) is 10.3. The maximum Gasteiger partial charge on any atom is 0.253 e. The number of anilines is 1. The van der Waals surface area contributed by atoms with Crippen molar-refractivity contribution in [1.82, 2.24) is 15.3 Å². The zero-order valence-corrected chi connectivity index (χ0v) is 23.8. The van der Waals surface area contributed by atoms with E-state index in [2.05, 4.69) is 39.5 Å². The van der Waals surface area contributed by atoms with Crippen LogP contribution in [0, 0.1) is 0 Å². The Morgan fingerprint density at radius 2 is 1.71 bits per heavy atom. The van der Waals surface area contributed by atoms with E-state index >= 15 is 0 Å². The predicted molar refractivity (Wildman–Crippen MR) is 164 cm³/mol. The number of rotatable bonds is 9. The Balaban J connectivity index is 1.46. The molecule has 1 amide bonds. The van der Waals surface area contributed by atoms with Crippen LogP contribution in [0.25, 0.3) is 22.2 Å². The van der Waals surface area contributed by atoms with Crippen molar-refractivity contribution in [2.24, 2.45) is 0 Å². The zero-order valence-electron chi connectivity index (χ0n) is 23.8. The van der Waals surface area contributed by atoms with E-state index < -0.39 is 0 Å². The molecule has 5 aromatic rings. The molecule has 0 spiro atoms. The number of nitrogens with one attached hydrogen (secondary N) is 2. The second-order valence-electron chi connectivity index (χ2n) is 10.3. The van der Waals surface area contributed by atoms with Gasteiger partial charge in [-0.1, -0.05) is 66.7 Å². The molecule has 1 fully saturated rings. The highest BCUT2D eigenvalue weighted by Crippen LogP contribution is 2.38. The van der Waals surface area contributed by atoms with Crippen molar-refractivity contribution < 1.29 is 19.0 Å². The molecule has 1 saturated heterocycles. The molecule has 2 aromatic heterocycles. The Kier molecular flexibility index (Phi) is 8.16. The lowest BCUT2D eigenvalue weighted by Gasteiger charge is -2.25. The molecule has 0 saturated carbocycles. The van der Waals surface area contributed by atoms with Gasteiger partial charge in [0.15, 0.2) is 5.82 Å². The van der Waals surface area contributed by atoms with E-state index in [0.717, 1.165) is 44.7 Å². The van der Waals surface area contributed by atoms with E-state index in [1.165, 1.54) is 0 Å². The van der Waals surface area contributed by atoms with Crippen LogP contribution in [0.4, 0.5) is 5.82 Å². The van der Waals surface area contributed by atoms with E-state index in [1.807, 2.05) is 60.7 Å². The lowest BCUT2D eigenvalue weighted by atomic mass is 10.0. The van der Waals surface area contributed by atoms with Crippen LogP contribution in [0.3, 0.4) is 0 Å². The van der Waals surface area contributed by atoms with Crippen molar-refractivity contribution in [3.05, 3.63) is 113 Å². The minimum Gasteiger partial charge on any atom is -0.496 e. The molecule has 1 aliphatic rings. The molecule has 8 heteroatoms. The molecule has 1 atom stereocenters. The van der Waals surface area contributed by atoms with Crippen LogP contribution in [0.1, 0.15) is 33.2 Å². The summed E-state index contributed by atoms with van der Waals surface area (Å²) in [6.07, 6.45) is 1.53. The van der Waals surface area contributed by atoms with Gasteiger partial charge in [0, 0.05) is 37.3 Å². The number of amides is 1. The first kappa shape index (κ1) is 27.5. The summed E-state index contributed by atoms with van der Waals surface area (Å²) in [5.41, 5.74) is 6.31. The van der Waals surface area contributed by atoms with E-state index in [1.54, 1.807) is 20.4 Å². The summed E-state index contributed by atoms with van der Waals surface area (Å²) in [4.78, 5) is 23.7. The molecule has 1 unspecified atom stereocenters. The summed E-state index contributed by atoms with van der Waals surface area (Å²) >= 11 is 0. The van der Waals surface area contributed by atoms with Crippen LogP contribution in [0.5, 0.6) is 5.75 Å². The molecule has 1 aliphatic heterocycles. The fourth-order valence-electron chi connectivity index (χ4n) is 5.43.